The number of hydrogen-bond donors (Lipinski definition) is 1. The van der Waals surface area contributed by atoms with Crippen molar-refractivity contribution in [2.45, 2.75) is 20.5 Å². The third-order valence-electron chi connectivity index (χ3n) is 3.46. The normalized spacial score (nSPS) is 10.8. The molecule has 3 aromatic rings. The number of para-hydroxylation sites is 1. The zero-order valence-electron chi connectivity index (χ0n) is 12.1. The molecule has 2 aromatic carbocycles. The van der Waals surface area contributed by atoms with E-state index in [2.05, 4.69) is 11.1 Å². The summed E-state index contributed by atoms with van der Waals surface area (Å²) in [4.78, 5) is 4.41. The zero-order valence-corrected chi connectivity index (χ0v) is 12.1. The first-order valence-electron chi connectivity index (χ1n) is 6.92. The molecular weight excluding hydrogens is 262 g/mol. The van der Waals surface area contributed by atoms with Gasteiger partial charge in [0, 0.05) is 11.5 Å². The summed E-state index contributed by atoms with van der Waals surface area (Å²) in [5.41, 5.74) is 3.65. The number of fused-ring (bicyclic) bond motifs is 1. The maximum atomic E-state index is 9.37. The van der Waals surface area contributed by atoms with Crippen LogP contribution in [0.1, 0.15) is 16.8 Å². The van der Waals surface area contributed by atoms with Crippen molar-refractivity contribution in [1.29, 1.82) is 0 Å². The van der Waals surface area contributed by atoms with Crippen molar-refractivity contribution >= 4 is 10.9 Å². The van der Waals surface area contributed by atoms with Gasteiger partial charge in [-0.3, -0.25) is 4.98 Å². The van der Waals surface area contributed by atoms with Crippen LogP contribution in [0.2, 0.25) is 0 Å². The molecule has 3 rings (SSSR count). The fourth-order valence-electron chi connectivity index (χ4n) is 2.30. The third-order valence-corrected chi connectivity index (χ3v) is 3.46. The molecule has 1 heterocycles. The minimum absolute atomic E-state index is 0.103. The number of ether oxygens (including phenoxy) is 1. The molecule has 21 heavy (non-hydrogen) atoms. The summed E-state index contributed by atoms with van der Waals surface area (Å²) in [7, 11) is 0. The van der Waals surface area contributed by atoms with E-state index in [4.69, 9.17) is 4.74 Å². The number of aryl methyl sites for hydroxylation is 2. The Morgan fingerprint density at radius 3 is 2.62 bits per heavy atom. The van der Waals surface area contributed by atoms with Crippen molar-refractivity contribution in [3.05, 3.63) is 65.4 Å². The highest BCUT2D eigenvalue weighted by molar-refractivity contribution is 5.85. The van der Waals surface area contributed by atoms with E-state index in [1.54, 1.807) is 6.07 Å². The molecule has 3 heteroatoms. The average molecular weight is 279 g/mol. The first-order valence-corrected chi connectivity index (χ1v) is 6.92. The molecular formula is C18H17NO2. The molecule has 0 aliphatic carbocycles. The lowest BCUT2D eigenvalue weighted by Crippen LogP contribution is -1.95. The molecule has 0 radical (unpaired) electrons. The van der Waals surface area contributed by atoms with Gasteiger partial charge in [0.1, 0.15) is 11.5 Å². The highest BCUT2D eigenvalue weighted by Gasteiger charge is 2.09. The van der Waals surface area contributed by atoms with Crippen LogP contribution in [0.25, 0.3) is 10.9 Å². The molecule has 0 aliphatic heterocycles. The van der Waals surface area contributed by atoms with Crippen LogP contribution in [-0.4, -0.2) is 10.1 Å². The Hall–Kier alpha value is -2.39. The number of nitrogens with zero attached hydrogens (tertiary/aromatic N) is 1. The van der Waals surface area contributed by atoms with Crippen LogP contribution in [0, 0.1) is 13.8 Å². The van der Waals surface area contributed by atoms with Crippen molar-refractivity contribution < 1.29 is 9.84 Å². The van der Waals surface area contributed by atoms with E-state index < -0.39 is 0 Å². The van der Waals surface area contributed by atoms with E-state index in [0.29, 0.717) is 5.69 Å². The van der Waals surface area contributed by atoms with Gasteiger partial charge in [-0.15, -0.1) is 0 Å². The van der Waals surface area contributed by atoms with Crippen LogP contribution in [0.5, 0.6) is 11.5 Å². The van der Waals surface area contributed by atoms with E-state index in [-0.39, 0.29) is 6.61 Å². The SMILES string of the molecule is Cc1ccc(C)c(Oc2cc(CO)nc3ccccc23)c1. The first-order chi connectivity index (χ1) is 10.2. The molecule has 1 aromatic heterocycles. The van der Waals surface area contributed by atoms with Gasteiger partial charge in [0.15, 0.2) is 0 Å². The number of benzene rings is 2. The minimum Gasteiger partial charge on any atom is -0.456 e. The quantitative estimate of drug-likeness (QED) is 0.783. The Labute approximate surface area is 123 Å². The van der Waals surface area contributed by atoms with Gasteiger partial charge in [0.25, 0.3) is 0 Å². The van der Waals surface area contributed by atoms with Gasteiger partial charge in [-0.05, 0) is 43.2 Å². The second kappa shape index (κ2) is 5.54. The van der Waals surface area contributed by atoms with Gasteiger partial charge in [0.05, 0.1) is 17.8 Å². The molecule has 0 unspecified atom stereocenters. The summed E-state index contributed by atoms with van der Waals surface area (Å²) in [6.45, 7) is 3.95. The van der Waals surface area contributed by atoms with E-state index in [9.17, 15) is 5.11 Å². The summed E-state index contributed by atoms with van der Waals surface area (Å²) in [6.07, 6.45) is 0. The monoisotopic (exact) mass is 279 g/mol. The second-order valence-electron chi connectivity index (χ2n) is 5.16. The molecule has 1 N–H and O–H groups in total. The largest absolute Gasteiger partial charge is 0.456 e. The summed E-state index contributed by atoms with van der Waals surface area (Å²) < 4.78 is 6.09. The average Bonchev–Trinajstić information content (AvgIpc) is 2.50. The van der Waals surface area contributed by atoms with Gasteiger partial charge in [-0.1, -0.05) is 24.3 Å². The molecule has 106 valence electrons. The molecule has 0 bridgehead atoms. The number of rotatable bonds is 3. The Balaban J connectivity index is 2.13. The van der Waals surface area contributed by atoms with Crippen molar-refractivity contribution in [1.82, 2.24) is 4.98 Å². The molecule has 0 saturated carbocycles. The topological polar surface area (TPSA) is 42.4 Å². The van der Waals surface area contributed by atoms with Gasteiger partial charge in [-0.2, -0.15) is 0 Å². The first kappa shape index (κ1) is 13.6. The third kappa shape index (κ3) is 2.73. The molecule has 0 fully saturated rings. The highest BCUT2D eigenvalue weighted by atomic mass is 16.5. The summed E-state index contributed by atoms with van der Waals surface area (Å²) >= 11 is 0. The van der Waals surface area contributed by atoms with Crippen molar-refractivity contribution in [2.24, 2.45) is 0 Å². The Morgan fingerprint density at radius 2 is 1.81 bits per heavy atom. The molecule has 0 spiro atoms. The Morgan fingerprint density at radius 1 is 1.00 bits per heavy atom. The van der Waals surface area contributed by atoms with Gasteiger partial charge >= 0.3 is 0 Å². The maximum absolute atomic E-state index is 9.37. The second-order valence-corrected chi connectivity index (χ2v) is 5.16. The number of hydrogen-bond acceptors (Lipinski definition) is 3. The van der Waals surface area contributed by atoms with Crippen LogP contribution < -0.4 is 4.74 Å². The smallest absolute Gasteiger partial charge is 0.138 e. The number of aliphatic hydroxyl groups is 1. The lowest BCUT2D eigenvalue weighted by molar-refractivity contribution is 0.276. The molecule has 0 amide bonds. The predicted molar refractivity (Wildman–Crippen MR) is 83.7 cm³/mol. The number of pyridine rings is 1. The van der Waals surface area contributed by atoms with E-state index in [1.165, 1.54) is 0 Å². The van der Waals surface area contributed by atoms with Gasteiger partial charge in [0.2, 0.25) is 0 Å². The van der Waals surface area contributed by atoms with Crippen molar-refractivity contribution in [3.8, 4) is 11.5 Å². The van der Waals surface area contributed by atoms with Crippen LogP contribution in [0.3, 0.4) is 0 Å². The molecule has 0 saturated heterocycles. The van der Waals surface area contributed by atoms with Crippen LogP contribution in [-0.2, 0) is 6.61 Å². The van der Waals surface area contributed by atoms with Crippen molar-refractivity contribution in [3.63, 3.8) is 0 Å². The summed E-state index contributed by atoms with van der Waals surface area (Å²) in [6, 6.07) is 15.7. The lowest BCUT2D eigenvalue weighted by Gasteiger charge is -2.13. The molecule has 3 nitrogen and oxygen atoms in total. The van der Waals surface area contributed by atoms with Gasteiger partial charge in [-0.25, -0.2) is 0 Å². The summed E-state index contributed by atoms with van der Waals surface area (Å²) in [5.74, 6) is 1.55. The van der Waals surface area contributed by atoms with Crippen LogP contribution >= 0.6 is 0 Å². The van der Waals surface area contributed by atoms with Crippen molar-refractivity contribution in [2.75, 3.05) is 0 Å². The number of aliphatic hydroxyl groups excluding tert-OH is 1. The Kier molecular flexibility index (Phi) is 3.59. The maximum Gasteiger partial charge on any atom is 0.138 e. The van der Waals surface area contributed by atoms with Crippen LogP contribution in [0.15, 0.2) is 48.5 Å². The minimum atomic E-state index is -0.103. The van der Waals surface area contributed by atoms with Gasteiger partial charge < -0.3 is 9.84 Å². The Bertz CT molecular complexity index is 796. The van der Waals surface area contributed by atoms with Crippen LogP contribution in [0.4, 0.5) is 0 Å². The number of aromatic nitrogens is 1. The van der Waals surface area contributed by atoms with E-state index >= 15 is 0 Å². The molecule has 0 atom stereocenters. The predicted octanol–water partition coefficient (Wildman–Crippen LogP) is 4.14. The summed E-state index contributed by atoms with van der Waals surface area (Å²) in [5, 5.41) is 10.3. The fourth-order valence-corrected chi connectivity index (χ4v) is 2.30. The lowest BCUT2D eigenvalue weighted by atomic mass is 10.1. The molecule has 0 aliphatic rings. The standard InChI is InChI=1S/C18H17NO2/c1-12-7-8-13(2)17(9-12)21-18-10-14(11-20)19-16-6-4-3-5-15(16)18/h3-10,20H,11H2,1-2H3. The van der Waals surface area contributed by atoms with E-state index in [1.807, 2.05) is 50.2 Å². The highest BCUT2D eigenvalue weighted by Crippen LogP contribution is 2.32. The van der Waals surface area contributed by atoms with E-state index in [0.717, 1.165) is 33.5 Å². The zero-order chi connectivity index (χ0) is 14.8. The fraction of sp³-hybridized carbons (Fsp3) is 0.167.